The zero-order valence-electron chi connectivity index (χ0n) is 8.24. The van der Waals surface area contributed by atoms with Crippen LogP contribution in [0.5, 0.6) is 5.75 Å². The molecule has 0 aliphatic heterocycles. The van der Waals surface area contributed by atoms with Crippen molar-refractivity contribution in [3.05, 3.63) is 44.0 Å². The summed E-state index contributed by atoms with van der Waals surface area (Å²) in [7, 11) is 0. The molecular weight excluding hydrogens is 310 g/mol. The van der Waals surface area contributed by atoms with Gasteiger partial charge in [-0.25, -0.2) is 0 Å². The van der Waals surface area contributed by atoms with Crippen molar-refractivity contribution in [2.75, 3.05) is 5.73 Å². The molecule has 2 N–H and O–H groups in total. The Labute approximate surface area is 111 Å². The SMILES string of the molecule is Nc1cc(Br)ccc1OCc1ccc(Cl)s1. The van der Waals surface area contributed by atoms with Crippen molar-refractivity contribution >= 4 is 44.6 Å². The molecule has 1 aromatic carbocycles. The van der Waals surface area contributed by atoms with Crippen LogP contribution >= 0.6 is 38.9 Å². The van der Waals surface area contributed by atoms with E-state index >= 15 is 0 Å². The van der Waals surface area contributed by atoms with Crippen LogP contribution in [-0.4, -0.2) is 0 Å². The quantitative estimate of drug-likeness (QED) is 0.855. The van der Waals surface area contributed by atoms with Crippen molar-refractivity contribution in [2.24, 2.45) is 0 Å². The highest BCUT2D eigenvalue weighted by Gasteiger charge is 2.03. The van der Waals surface area contributed by atoms with Crippen molar-refractivity contribution in [3.8, 4) is 5.75 Å². The van der Waals surface area contributed by atoms with Gasteiger partial charge in [-0.2, -0.15) is 0 Å². The zero-order chi connectivity index (χ0) is 11.5. The molecule has 0 saturated carbocycles. The highest BCUT2D eigenvalue weighted by atomic mass is 79.9. The minimum Gasteiger partial charge on any atom is -0.486 e. The van der Waals surface area contributed by atoms with Gasteiger partial charge in [0.2, 0.25) is 0 Å². The molecule has 2 nitrogen and oxygen atoms in total. The van der Waals surface area contributed by atoms with Gasteiger partial charge < -0.3 is 10.5 Å². The van der Waals surface area contributed by atoms with E-state index in [2.05, 4.69) is 15.9 Å². The topological polar surface area (TPSA) is 35.2 Å². The molecule has 0 amide bonds. The van der Waals surface area contributed by atoms with Crippen molar-refractivity contribution in [1.82, 2.24) is 0 Å². The maximum atomic E-state index is 5.83. The van der Waals surface area contributed by atoms with E-state index in [0.717, 1.165) is 13.7 Å². The molecule has 0 radical (unpaired) electrons. The summed E-state index contributed by atoms with van der Waals surface area (Å²) >= 11 is 10.7. The summed E-state index contributed by atoms with van der Waals surface area (Å²) in [5, 5.41) is 0. The fraction of sp³-hybridized carbons (Fsp3) is 0.0909. The van der Waals surface area contributed by atoms with Crippen molar-refractivity contribution in [2.45, 2.75) is 6.61 Å². The van der Waals surface area contributed by atoms with Crippen LogP contribution in [0.4, 0.5) is 5.69 Å². The van der Waals surface area contributed by atoms with E-state index in [4.69, 9.17) is 22.1 Å². The molecular formula is C11H9BrClNOS. The summed E-state index contributed by atoms with van der Waals surface area (Å²) in [6, 6.07) is 9.36. The molecule has 16 heavy (non-hydrogen) atoms. The number of ether oxygens (including phenoxy) is 1. The van der Waals surface area contributed by atoms with Gasteiger partial charge in [0, 0.05) is 9.35 Å². The number of anilines is 1. The first-order valence-electron chi connectivity index (χ1n) is 4.57. The standard InChI is InChI=1S/C11H9BrClNOS/c12-7-1-3-10(9(14)5-7)15-6-8-2-4-11(13)16-8/h1-5H,6,14H2. The second-order valence-electron chi connectivity index (χ2n) is 3.18. The number of benzene rings is 1. The zero-order valence-corrected chi connectivity index (χ0v) is 11.4. The van der Waals surface area contributed by atoms with E-state index in [0.29, 0.717) is 18.0 Å². The van der Waals surface area contributed by atoms with E-state index in [-0.39, 0.29) is 0 Å². The molecule has 0 spiro atoms. The van der Waals surface area contributed by atoms with Gasteiger partial charge in [0.25, 0.3) is 0 Å². The van der Waals surface area contributed by atoms with E-state index in [1.807, 2.05) is 30.3 Å². The van der Waals surface area contributed by atoms with Gasteiger partial charge in [-0.15, -0.1) is 11.3 Å². The summed E-state index contributed by atoms with van der Waals surface area (Å²) in [5.74, 6) is 0.688. The highest BCUT2D eigenvalue weighted by molar-refractivity contribution is 9.10. The van der Waals surface area contributed by atoms with Crippen LogP contribution in [0.1, 0.15) is 4.88 Å². The number of hydrogen-bond acceptors (Lipinski definition) is 3. The van der Waals surface area contributed by atoms with Crippen LogP contribution in [-0.2, 0) is 6.61 Å². The van der Waals surface area contributed by atoms with Gasteiger partial charge in [-0.05, 0) is 30.3 Å². The lowest BCUT2D eigenvalue weighted by molar-refractivity contribution is 0.311. The first-order chi connectivity index (χ1) is 7.65. The molecule has 2 rings (SSSR count). The Balaban J connectivity index is 2.04. The minimum absolute atomic E-state index is 0.489. The molecule has 0 saturated heterocycles. The Morgan fingerprint density at radius 2 is 2.12 bits per heavy atom. The lowest BCUT2D eigenvalue weighted by Gasteiger charge is -2.07. The van der Waals surface area contributed by atoms with Crippen LogP contribution in [0.2, 0.25) is 4.34 Å². The minimum atomic E-state index is 0.489. The van der Waals surface area contributed by atoms with Gasteiger partial charge in [-0.3, -0.25) is 0 Å². The summed E-state index contributed by atoms with van der Waals surface area (Å²) in [6.45, 7) is 0.489. The maximum absolute atomic E-state index is 5.83. The second-order valence-corrected chi connectivity index (χ2v) is 5.89. The third kappa shape index (κ3) is 2.90. The first-order valence-corrected chi connectivity index (χ1v) is 6.56. The van der Waals surface area contributed by atoms with Crippen molar-refractivity contribution in [3.63, 3.8) is 0 Å². The second kappa shape index (κ2) is 5.08. The molecule has 2 aromatic rings. The van der Waals surface area contributed by atoms with E-state index in [1.165, 1.54) is 11.3 Å². The average molecular weight is 319 g/mol. The Bertz CT molecular complexity index is 500. The molecule has 0 fully saturated rings. The monoisotopic (exact) mass is 317 g/mol. The van der Waals surface area contributed by atoms with Crippen LogP contribution in [0.3, 0.4) is 0 Å². The van der Waals surface area contributed by atoms with Crippen LogP contribution in [0.25, 0.3) is 0 Å². The van der Waals surface area contributed by atoms with Crippen LogP contribution in [0.15, 0.2) is 34.8 Å². The average Bonchev–Trinajstić information content (AvgIpc) is 2.63. The Kier molecular flexibility index (Phi) is 3.74. The normalized spacial score (nSPS) is 10.4. The van der Waals surface area contributed by atoms with Crippen LogP contribution in [0, 0.1) is 0 Å². The van der Waals surface area contributed by atoms with Gasteiger partial charge >= 0.3 is 0 Å². The number of thiophene rings is 1. The largest absolute Gasteiger partial charge is 0.486 e. The number of rotatable bonds is 3. The van der Waals surface area contributed by atoms with Crippen molar-refractivity contribution < 1.29 is 4.74 Å². The Hall–Kier alpha value is -0.710. The fourth-order valence-electron chi connectivity index (χ4n) is 1.23. The van der Waals surface area contributed by atoms with Gasteiger partial charge in [0.05, 0.1) is 10.0 Å². The fourth-order valence-corrected chi connectivity index (χ4v) is 2.61. The lowest BCUT2D eigenvalue weighted by atomic mass is 10.3. The maximum Gasteiger partial charge on any atom is 0.142 e. The number of nitrogen functional groups attached to an aromatic ring is 1. The van der Waals surface area contributed by atoms with E-state index in [1.54, 1.807) is 0 Å². The number of nitrogens with two attached hydrogens (primary N) is 1. The molecule has 0 bridgehead atoms. The molecule has 0 aliphatic carbocycles. The van der Waals surface area contributed by atoms with Crippen molar-refractivity contribution in [1.29, 1.82) is 0 Å². The molecule has 0 atom stereocenters. The number of halogens is 2. The molecule has 5 heteroatoms. The first kappa shape index (κ1) is 11.8. The molecule has 1 aromatic heterocycles. The smallest absolute Gasteiger partial charge is 0.142 e. The summed E-state index contributed by atoms with van der Waals surface area (Å²) in [6.07, 6.45) is 0. The lowest BCUT2D eigenvalue weighted by Crippen LogP contribution is -1.96. The Morgan fingerprint density at radius 1 is 1.31 bits per heavy atom. The van der Waals surface area contributed by atoms with E-state index < -0.39 is 0 Å². The summed E-state index contributed by atoms with van der Waals surface area (Å²) in [5.41, 5.74) is 6.44. The van der Waals surface area contributed by atoms with Gasteiger partial charge in [0.15, 0.2) is 0 Å². The predicted molar refractivity (Wildman–Crippen MR) is 72.2 cm³/mol. The van der Waals surface area contributed by atoms with Gasteiger partial charge in [0.1, 0.15) is 12.4 Å². The van der Waals surface area contributed by atoms with Gasteiger partial charge in [-0.1, -0.05) is 27.5 Å². The molecule has 0 aliphatic rings. The summed E-state index contributed by atoms with van der Waals surface area (Å²) < 4.78 is 7.30. The highest BCUT2D eigenvalue weighted by Crippen LogP contribution is 2.27. The Morgan fingerprint density at radius 3 is 2.75 bits per heavy atom. The molecule has 1 heterocycles. The number of hydrogen-bond donors (Lipinski definition) is 1. The van der Waals surface area contributed by atoms with E-state index in [9.17, 15) is 0 Å². The van der Waals surface area contributed by atoms with Crippen LogP contribution < -0.4 is 10.5 Å². The summed E-state index contributed by atoms with van der Waals surface area (Å²) in [4.78, 5) is 1.08. The molecule has 0 unspecified atom stereocenters. The predicted octanol–water partition coefficient (Wildman–Crippen LogP) is 4.33. The third-order valence-electron chi connectivity index (χ3n) is 1.97. The molecule has 84 valence electrons. The third-order valence-corrected chi connectivity index (χ3v) is 3.67.